The van der Waals surface area contributed by atoms with E-state index in [2.05, 4.69) is 10.4 Å². The van der Waals surface area contributed by atoms with Gasteiger partial charge >= 0.3 is 0 Å². The molecule has 0 spiro atoms. The summed E-state index contributed by atoms with van der Waals surface area (Å²) < 4.78 is 41.2. The average molecular weight is 295 g/mol. The average Bonchev–Trinajstić information content (AvgIpc) is 3.15. The number of nitrogens with one attached hydrogen (secondary N) is 1. The van der Waals surface area contributed by atoms with Crippen LogP contribution < -0.4 is 5.32 Å². The van der Waals surface area contributed by atoms with Gasteiger partial charge in [-0.1, -0.05) is 0 Å². The first kappa shape index (κ1) is 14.1. The Labute approximate surface area is 120 Å². The third-order valence-corrected chi connectivity index (χ3v) is 3.64. The second kappa shape index (κ2) is 5.52. The molecule has 1 N–H and O–H groups in total. The van der Waals surface area contributed by atoms with E-state index in [1.165, 1.54) is 29.1 Å². The van der Waals surface area contributed by atoms with Crippen LogP contribution in [0.5, 0.6) is 0 Å². The van der Waals surface area contributed by atoms with Crippen LogP contribution in [0.1, 0.15) is 36.1 Å². The fourth-order valence-corrected chi connectivity index (χ4v) is 2.35. The Bertz CT molecular complexity index is 648. The van der Waals surface area contributed by atoms with Gasteiger partial charge in [-0.2, -0.15) is 5.10 Å². The highest BCUT2D eigenvalue weighted by atomic mass is 19.3. The highest BCUT2D eigenvalue weighted by molar-refractivity contribution is 5.42. The lowest BCUT2D eigenvalue weighted by Crippen LogP contribution is -2.16. The van der Waals surface area contributed by atoms with Crippen LogP contribution in [0, 0.1) is 12.7 Å². The standard InChI is InChI=1S/C15H16F3N3/c1-9-6-11(16)2-5-13(9)21-14(15(17)18)10(8-20-21)7-19-12-3-4-12/h2,5-6,8,12,15,19H,3-4,7H2,1H3. The quantitative estimate of drug-likeness (QED) is 0.915. The number of hydrogen-bond acceptors (Lipinski definition) is 2. The predicted octanol–water partition coefficient (Wildman–Crippen LogP) is 3.51. The Balaban J connectivity index is 1.96. The number of rotatable bonds is 5. The van der Waals surface area contributed by atoms with Gasteiger partial charge in [0.05, 0.1) is 11.9 Å². The van der Waals surface area contributed by atoms with Gasteiger partial charge in [-0.05, 0) is 43.5 Å². The Kier molecular flexibility index (Phi) is 3.71. The Morgan fingerprint density at radius 2 is 2.14 bits per heavy atom. The Hall–Kier alpha value is -1.82. The minimum atomic E-state index is -2.63. The van der Waals surface area contributed by atoms with Crippen LogP contribution in [0.15, 0.2) is 24.4 Å². The summed E-state index contributed by atoms with van der Waals surface area (Å²) in [5, 5.41) is 7.28. The third-order valence-electron chi connectivity index (χ3n) is 3.64. The lowest BCUT2D eigenvalue weighted by Gasteiger charge is -2.11. The van der Waals surface area contributed by atoms with E-state index in [4.69, 9.17) is 0 Å². The molecule has 112 valence electrons. The molecule has 2 aromatic rings. The summed E-state index contributed by atoms with van der Waals surface area (Å²) in [6.07, 6.45) is 1.01. The zero-order valence-corrected chi connectivity index (χ0v) is 11.6. The molecule has 21 heavy (non-hydrogen) atoms. The summed E-state index contributed by atoms with van der Waals surface area (Å²) >= 11 is 0. The van der Waals surface area contributed by atoms with Gasteiger partial charge in [0, 0.05) is 18.2 Å². The summed E-state index contributed by atoms with van der Waals surface area (Å²) in [5.41, 5.74) is 1.41. The van der Waals surface area contributed by atoms with Crippen molar-refractivity contribution in [2.45, 2.75) is 38.8 Å². The molecular formula is C15H16F3N3. The van der Waals surface area contributed by atoms with Gasteiger partial charge in [-0.15, -0.1) is 0 Å². The van der Waals surface area contributed by atoms with Crippen LogP contribution in [-0.4, -0.2) is 15.8 Å². The molecule has 0 radical (unpaired) electrons. The Morgan fingerprint density at radius 3 is 2.76 bits per heavy atom. The van der Waals surface area contributed by atoms with E-state index in [1.807, 2.05) is 0 Å². The number of benzene rings is 1. The lowest BCUT2D eigenvalue weighted by molar-refractivity contribution is 0.141. The topological polar surface area (TPSA) is 29.9 Å². The van der Waals surface area contributed by atoms with Gasteiger partial charge in [0.25, 0.3) is 6.43 Å². The van der Waals surface area contributed by atoms with Crippen molar-refractivity contribution in [3.05, 3.63) is 47.0 Å². The van der Waals surface area contributed by atoms with E-state index >= 15 is 0 Å². The molecule has 1 aliphatic carbocycles. The largest absolute Gasteiger partial charge is 0.310 e. The molecule has 1 aromatic carbocycles. The summed E-state index contributed by atoms with van der Waals surface area (Å²) in [6.45, 7) is 2.06. The van der Waals surface area contributed by atoms with Crippen LogP contribution in [0.4, 0.5) is 13.2 Å². The van der Waals surface area contributed by atoms with Crippen molar-refractivity contribution in [3.63, 3.8) is 0 Å². The molecular weight excluding hydrogens is 279 g/mol. The minimum absolute atomic E-state index is 0.127. The van der Waals surface area contributed by atoms with Crippen molar-refractivity contribution in [1.29, 1.82) is 0 Å². The molecule has 0 unspecified atom stereocenters. The molecule has 1 fully saturated rings. The fraction of sp³-hybridized carbons (Fsp3) is 0.400. The zero-order chi connectivity index (χ0) is 15.0. The van der Waals surface area contributed by atoms with E-state index < -0.39 is 12.2 Å². The van der Waals surface area contributed by atoms with E-state index in [9.17, 15) is 13.2 Å². The molecule has 1 saturated carbocycles. The Morgan fingerprint density at radius 1 is 1.38 bits per heavy atom. The molecule has 0 aliphatic heterocycles. The van der Waals surface area contributed by atoms with E-state index in [0.717, 1.165) is 12.8 Å². The molecule has 0 amide bonds. The van der Waals surface area contributed by atoms with Crippen molar-refractivity contribution in [1.82, 2.24) is 15.1 Å². The van der Waals surface area contributed by atoms with Gasteiger partial charge in [0.1, 0.15) is 11.5 Å². The normalized spacial score (nSPS) is 14.9. The maximum atomic E-state index is 13.4. The van der Waals surface area contributed by atoms with Crippen LogP contribution >= 0.6 is 0 Å². The fourth-order valence-electron chi connectivity index (χ4n) is 2.35. The first-order valence-electron chi connectivity index (χ1n) is 6.91. The lowest BCUT2D eigenvalue weighted by atomic mass is 10.2. The number of aromatic nitrogens is 2. The second-order valence-corrected chi connectivity index (χ2v) is 5.35. The molecule has 6 heteroatoms. The van der Waals surface area contributed by atoms with Crippen LogP contribution in [0.2, 0.25) is 0 Å². The first-order valence-corrected chi connectivity index (χ1v) is 6.91. The summed E-state index contributed by atoms with van der Waals surface area (Å²) in [6, 6.07) is 4.48. The first-order chi connectivity index (χ1) is 10.1. The molecule has 0 saturated heterocycles. The zero-order valence-electron chi connectivity index (χ0n) is 11.6. The molecule has 1 aromatic heterocycles. The highest BCUT2D eigenvalue weighted by Crippen LogP contribution is 2.28. The summed E-state index contributed by atoms with van der Waals surface area (Å²) in [7, 11) is 0. The molecule has 3 nitrogen and oxygen atoms in total. The monoisotopic (exact) mass is 295 g/mol. The molecule has 1 heterocycles. The predicted molar refractivity (Wildman–Crippen MR) is 73.1 cm³/mol. The van der Waals surface area contributed by atoms with Crippen molar-refractivity contribution in [3.8, 4) is 5.69 Å². The molecule has 1 aliphatic rings. The number of halogens is 3. The number of alkyl halides is 2. The van der Waals surface area contributed by atoms with Crippen molar-refractivity contribution >= 4 is 0 Å². The number of nitrogens with zero attached hydrogens (tertiary/aromatic N) is 2. The summed E-state index contributed by atoms with van der Waals surface area (Å²) in [4.78, 5) is 0. The van der Waals surface area contributed by atoms with Crippen LogP contribution in [0.3, 0.4) is 0 Å². The van der Waals surface area contributed by atoms with E-state index in [-0.39, 0.29) is 5.69 Å². The SMILES string of the molecule is Cc1cc(F)ccc1-n1ncc(CNC2CC2)c1C(F)F. The van der Waals surface area contributed by atoms with Gasteiger partial charge in [-0.25, -0.2) is 17.9 Å². The van der Waals surface area contributed by atoms with Crippen molar-refractivity contribution in [2.24, 2.45) is 0 Å². The summed E-state index contributed by atoms with van der Waals surface area (Å²) in [5.74, 6) is -0.391. The highest BCUT2D eigenvalue weighted by Gasteiger charge is 2.25. The smallest absolute Gasteiger partial charge is 0.280 e. The van der Waals surface area contributed by atoms with Gasteiger partial charge in [0.15, 0.2) is 0 Å². The van der Waals surface area contributed by atoms with Crippen molar-refractivity contribution in [2.75, 3.05) is 0 Å². The minimum Gasteiger partial charge on any atom is -0.310 e. The molecule has 0 atom stereocenters. The maximum absolute atomic E-state index is 13.4. The number of hydrogen-bond donors (Lipinski definition) is 1. The van der Waals surface area contributed by atoms with Gasteiger partial charge < -0.3 is 5.32 Å². The van der Waals surface area contributed by atoms with E-state index in [1.54, 1.807) is 6.92 Å². The second-order valence-electron chi connectivity index (χ2n) is 5.35. The third kappa shape index (κ3) is 2.95. The van der Waals surface area contributed by atoms with Crippen LogP contribution in [-0.2, 0) is 6.54 Å². The van der Waals surface area contributed by atoms with Gasteiger partial charge in [0.2, 0.25) is 0 Å². The van der Waals surface area contributed by atoms with Crippen molar-refractivity contribution < 1.29 is 13.2 Å². The molecule has 3 rings (SSSR count). The molecule has 0 bridgehead atoms. The van der Waals surface area contributed by atoms with E-state index in [0.29, 0.717) is 29.4 Å². The maximum Gasteiger partial charge on any atom is 0.280 e. The van der Waals surface area contributed by atoms with Crippen LogP contribution in [0.25, 0.3) is 5.69 Å². The number of aryl methyl sites for hydroxylation is 1. The van der Waals surface area contributed by atoms with Gasteiger partial charge in [-0.3, -0.25) is 0 Å².